The summed E-state index contributed by atoms with van der Waals surface area (Å²) in [5, 5.41) is 1.69. The molecule has 3 heterocycles. The zero-order valence-electron chi connectivity index (χ0n) is 9.22. The fraction of sp³-hybridized carbons (Fsp3) is 0. The molecule has 0 fully saturated rings. The molecule has 4 nitrogen and oxygen atoms in total. The molecule has 0 radical (unpaired) electrons. The molecule has 3 rings (SSSR count). The Morgan fingerprint density at radius 2 is 1.83 bits per heavy atom. The lowest BCUT2D eigenvalue weighted by Crippen LogP contribution is -1.80. The van der Waals surface area contributed by atoms with Crippen molar-refractivity contribution in [2.24, 2.45) is 0 Å². The molecule has 0 amide bonds. The number of thiazole rings is 1. The van der Waals surface area contributed by atoms with E-state index in [4.69, 9.17) is 0 Å². The zero-order valence-corrected chi connectivity index (χ0v) is 10.9. The summed E-state index contributed by atoms with van der Waals surface area (Å²) in [6, 6.07) is 5.71. The monoisotopic (exact) mass is 272 g/mol. The third-order valence-electron chi connectivity index (χ3n) is 2.13. The van der Waals surface area contributed by atoms with Crippen molar-refractivity contribution in [1.82, 2.24) is 19.9 Å². The topological polar surface area (TPSA) is 51.6 Å². The Balaban J connectivity index is 1.82. The summed E-state index contributed by atoms with van der Waals surface area (Å²) in [5.41, 5.74) is 1.03. The summed E-state index contributed by atoms with van der Waals surface area (Å²) < 4.78 is 1.07. The highest BCUT2D eigenvalue weighted by Crippen LogP contribution is 2.33. The molecule has 0 saturated carbocycles. The molecule has 3 aromatic rings. The molecule has 0 atom stereocenters. The molecule has 0 aliphatic heterocycles. The normalized spacial score (nSPS) is 10.4. The van der Waals surface area contributed by atoms with E-state index in [0.29, 0.717) is 0 Å². The van der Waals surface area contributed by atoms with Gasteiger partial charge < -0.3 is 0 Å². The number of hydrogen-bond donors (Lipinski definition) is 0. The molecule has 6 heteroatoms. The van der Waals surface area contributed by atoms with Crippen LogP contribution in [0.1, 0.15) is 0 Å². The highest BCUT2D eigenvalue weighted by molar-refractivity contribution is 8.01. The zero-order chi connectivity index (χ0) is 12.2. The van der Waals surface area contributed by atoms with Gasteiger partial charge in [-0.25, -0.2) is 15.0 Å². The van der Waals surface area contributed by atoms with Gasteiger partial charge in [-0.05, 0) is 30.0 Å². The van der Waals surface area contributed by atoms with E-state index >= 15 is 0 Å². The standard InChI is InChI=1S/C12H8N4S2/c1-3-9(7-13-4-1)11-16-8-10(17-11)18-12-14-5-2-6-15-12/h1-8H. The van der Waals surface area contributed by atoms with Crippen LogP contribution in [0.4, 0.5) is 0 Å². The number of rotatable bonds is 3. The van der Waals surface area contributed by atoms with E-state index in [1.165, 1.54) is 11.8 Å². The number of hydrogen-bond acceptors (Lipinski definition) is 6. The third-order valence-corrected chi connectivity index (χ3v) is 4.17. The summed E-state index contributed by atoms with van der Waals surface area (Å²) >= 11 is 3.13. The van der Waals surface area contributed by atoms with E-state index < -0.39 is 0 Å². The van der Waals surface area contributed by atoms with E-state index in [0.717, 1.165) is 19.9 Å². The van der Waals surface area contributed by atoms with E-state index in [-0.39, 0.29) is 0 Å². The van der Waals surface area contributed by atoms with Gasteiger partial charge in [-0.15, -0.1) is 11.3 Å². The number of pyridine rings is 1. The minimum Gasteiger partial charge on any atom is -0.264 e. The van der Waals surface area contributed by atoms with E-state index in [9.17, 15) is 0 Å². The first-order chi connectivity index (χ1) is 8.92. The molecule has 0 aliphatic carbocycles. The highest BCUT2D eigenvalue weighted by Gasteiger charge is 2.07. The Labute approximate surface area is 112 Å². The van der Waals surface area contributed by atoms with Crippen molar-refractivity contribution >= 4 is 23.1 Å². The van der Waals surface area contributed by atoms with Crippen molar-refractivity contribution in [3.05, 3.63) is 49.2 Å². The van der Waals surface area contributed by atoms with Crippen molar-refractivity contribution in [2.45, 2.75) is 9.37 Å². The minimum absolute atomic E-state index is 0.735. The predicted octanol–water partition coefficient (Wildman–Crippen LogP) is 3.15. The van der Waals surface area contributed by atoms with Crippen LogP contribution in [0.3, 0.4) is 0 Å². The molecule has 0 N–H and O–H groups in total. The van der Waals surface area contributed by atoms with Gasteiger partial charge in [-0.1, -0.05) is 0 Å². The van der Waals surface area contributed by atoms with Crippen LogP contribution in [0.25, 0.3) is 10.6 Å². The van der Waals surface area contributed by atoms with Gasteiger partial charge in [-0.3, -0.25) is 4.98 Å². The van der Waals surface area contributed by atoms with E-state index in [1.807, 2.05) is 24.5 Å². The Morgan fingerprint density at radius 1 is 0.944 bits per heavy atom. The largest absolute Gasteiger partial charge is 0.264 e. The Hall–Kier alpha value is -1.79. The summed E-state index contributed by atoms with van der Waals surface area (Å²) in [6.07, 6.45) is 8.88. The minimum atomic E-state index is 0.735. The molecule has 3 aromatic heterocycles. The lowest BCUT2D eigenvalue weighted by Gasteiger charge is -1.94. The fourth-order valence-corrected chi connectivity index (χ4v) is 3.14. The smallest absolute Gasteiger partial charge is 0.193 e. The summed E-state index contributed by atoms with van der Waals surface area (Å²) in [7, 11) is 0. The number of aromatic nitrogens is 4. The predicted molar refractivity (Wildman–Crippen MR) is 71.5 cm³/mol. The SMILES string of the molecule is c1cnc(Sc2cnc(-c3cccnc3)s2)nc1. The molecule has 0 aromatic carbocycles. The van der Waals surface area contributed by atoms with Crippen LogP contribution >= 0.6 is 23.1 Å². The van der Waals surface area contributed by atoms with Crippen molar-refractivity contribution in [1.29, 1.82) is 0 Å². The average molecular weight is 272 g/mol. The lowest BCUT2D eigenvalue weighted by molar-refractivity contribution is 0.968. The van der Waals surface area contributed by atoms with Gasteiger partial charge in [0, 0.05) is 30.4 Å². The van der Waals surface area contributed by atoms with Gasteiger partial charge in [0.15, 0.2) is 5.16 Å². The lowest BCUT2D eigenvalue weighted by atomic mass is 10.3. The summed E-state index contributed by atoms with van der Waals surface area (Å²) in [5.74, 6) is 0. The van der Waals surface area contributed by atoms with Crippen LogP contribution in [0.15, 0.2) is 58.5 Å². The molecular formula is C12H8N4S2. The van der Waals surface area contributed by atoms with Crippen LogP contribution in [0.5, 0.6) is 0 Å². The summed E-state index contributed by atoms with van der Waals surface area (Å²) in [6.45, 7) is 0. The van der Waals surface area contributed by atoms with Crippen LogP contribution < -0.4 is 0 Å². The maximum absolute atomic E-state index is 4.38. The first kappa shape index (κ1) is 11.3. The van der Waals surface area contributed by atoms with Gasteiger partial charge in [0.2, 0.25) is 0 Å². The highest BCUT2D eigenvalue weighted by atomic mass is 32.2. The molecule has 88 valence electrons. The van der Waals surface area contributed by atoms with Crippen LogP contribution in [-0.2, 0) is 0 Å². The fourth-order valence-electron chi connectivity index (χ4n) is 1.36. The molecular weight excluding hydrogens is 264 g/mol. The van der Waals surface area contributed by atoms with E-state index in [2.05, 4.69) is 19.9 Å². The van der Waals surface area contributed by atoms with Gasteiger partial charge >= 0.3 is 0 Å². The molecule has 0 aliphatic rings. The van der Waals surface area contributed by atoms with Crippen molar-refractivity contribution < 1.29 is 0 Å². The summed E-state index contributed by atoms with van der Waals surface area (Å²) in [4.78, 5) is 16.8. The van der Waals surface area contributed by atoms with Crippen molar-refractivity contribution in [2.75, 3.05) is 0 Å². The third kappa shape index (κ3) is 2.55. The van der Waals surface area contributed by atoms with Gasteiger partial charge in [0.25, 0.3) is 0 Å². The van der Waals surface area contributed by atoms with E-state index in [1.54, 1.807) is 36.0 Å². The molecule has 0 unspecified atom stereocenters. The first-order valence-corrected chi connectivity index (χ1v) is 6.86. The Kier molecular flexibility index (Phi) is 3.29. The number of nitrogens with zero attached hydrogens (tertiary/aromatic N) is 4. The molecule has 0 bridgehead atoms. The second kappa shape index (κ2) is 5.24. The molecule has 0 saturated heterocycles. The quantitative estimate of drug-likeness (QED) is 0.686. The average Bonchev–Trinajstić information content (AvgIpc) is 2.89. The Morgan fingerprint density at radius 3 is 2.61 bits per heavy atom. The molecule has 0 spiro atoms. The maximum Gasteiger partial charge on any atom is 0.193 e. The van der Waals surface area contributed by atoms with Crippen molar-refractivity contribution in [3.63, 3.8) is 0 Å². The van der Waals surface area contributed by atoms with Crippen LogP contribution in [-0.4, -0.2) is 19.9 Å². The van der Waals surface area contributed by atoms with Gasteiger partial charge in [0.05, 0.1) is 10.4 Å². The van der Waals surface area contributed by atoms with Crippen LogP contribution in [0, 0.1) is 0 Å². The Bertz CT molecular complexity index is 625. The second-order valence-corrected chi connectivity index (χ2v) is 5.66. The van der Waals surface area contributed by atoms with Crippen LogP contribution in [0.2, 0.25) is 0 Å². The van der Waals surface area contributed by atoms with Gasteiger partial charge in [-0.2, -0.15) is 0 Å². The van der Waals surface area contributed by atoms with Crippen molar-refractivity contribution in [3.8, 4) is 10.6 Å². The maximum atomic E-state index is 4.38. The molecule has 18 heavy (non-hydrogen) atoms. The van der Waals surface area contributed by atoms with Gasteiger partial charge in [0.1, 0.15) is 5.01 Å². The first-order valence-electron chi connectivity index (χ1n) is 5.23. The second-order valence-electron chi connectivity index (χ2n) is 3.36.